The largest absolute Gasteiger partial charge is 0.495 e. The van der Waals surface area contributed by atoms with E-state index in [1.54, 1.807) is 21.3 Å². The number of nitrogens with two attached hydrogens (primary N) is 1. The van der Waals surface area contributed by atoms with E-state index in [-0.39, 0.29) is 11.8 Å². The molecule has 5 nitrogen and oxygen atoms in total. The van der Waals surface area contributed by atoms with Crippen LogP contribution in [0.15, 0.2) is 24.3 Å². The van der Waals surface area contributed by atoms with Crippen molar-refractivity contribution >= 4 is 5.69 Å². The molecule has 1 unspecified atom stereocenters. The van der Waals surface area contributed by atoms with Crippen molar-refractivity contribution in [1.29, 1.82) is 0 Å². The quantitative estimate of drug-likeness (QED) is 0.704. The van der Waals surface area contributed by atoms with Crippen molar-refractivity contribution in [2.24, 2.45) is 5.73 Å². The van der Waals surface area contributed by atoms with Gasteiger partial charge in [-0.2, -0.15) is 0 Å². The van der Waals surface area contributed by atoms with Crippen LogP contribution in [-0.2, 0) is 9.47 Å². The van der Waals surface area contributed by atoms with Crippen LogP contribution in [-0.4, -0.2) is 39.7 Å². The average molecular weight is 268 g/mol. The lowest BCUT2D eigenvalue weighted by molar-refractivity contribution is -0.113. The number of nitrogens with one attached hydrogen (secondary N) is 1. The number of methoxy groups -OCH3 is 3. The van der Waals surface area contributed by atoms with Crippen LogP contribution in [0.4, 0.5) is 5.69 Å². The van der Waals surface area contributed by atoms with Crippen LogP contribution in [0.3, 0.4) is 0 Å². The van der Waals surface area contributed by atoms with Crippen molar-refractivity contribution in [2.75, 3.05) is 33.2 Å². The van der Waals surface area contributed by atoms with Gasteiger partial charge in [-0.05, 0) is 19.1 Å². The molecule has 3 N–H and O–H groups in total. The van der Waals surface area contributed by atoms with Gasteiger partial charge in [0.2, 0.25) is 0 Å². The van der Waals surface area contributed by atoms with E-state index < -0.39 is 0 Å². The Morgan fingerprint density at radius 1 is 1.21 bits per heavy atom. The smallest absolute Gasteiger partial charge is 0.159 e. The van der Waals surface area contributed by atoms with Crippen LogP contribution in [0.2, 0.25) is 0 Å². The van der Waals surface area contributed by atoms with Crippen LogP contribution in [0, 0.1) is 0 Å². The Morgan fingerprint density at radius 2 is 1.84 bits per heavy atom. The number of ether oxygens (including phenoxy) is 3. The summed E-state index contributed by atoms with van der Waals surface area (Å²) < 4.78 is 15.8. The van der Waals surface area contributed by atoms with Crippen LogP contribution in [0.25, 0.3) is 0 Å². The monoisotopic (exact) mass is 268 g/mol. The van der Waals surface area contributed by atoms with E-state index in [0.717, 1.165) is 11.4 Å². The Labute approximate surface area is 115 Å². The molecule has 0 aromatic heterocycles. The van der Waals surface area contributed by atoms with Crippen molar-refractivity contribution in [3.8, 4) is 5.75 Å². The zero-order valence-electron chi connectivity index (χ0n) is 12.1. The fourth-order valence-corrected chi connectivity index (χ4v) is 1.89. The molecule has 1 aromatic rings. The summed E-state index contributed by atoms with van der Waals surface area (Å²) in [6.07, 6.45) is 0.338. The first-order chi connectivity index (χ1) is 9.08. The maximum Gasteiger partial charge on any atom is 0.159 e. The summed E-state index contributed by atoms with van der Waals surface area (Å²) >= 11 is 0. The second-order valence-corrected chi connectivity index (χ2v) is 4.70. The summed E-state index contributed by atoms with van der Waals surface area (Å²) in [6.45, 7) is 2.48. The molecule has 1 atom stereocenters. The number of para-hydroxylation sites is 2. The second kappa shape index (κ2) is 7.33. The SMILES string of the molecule is COc1ccccc1NC(C)(CN)CC(OC)OC. The summed E-state index contributed by atoms with van der Waals surface area (Å²) in [5.74, 6) is 0.786. The molecule has 0 amide bonds. The van der Waals surface area contributed by atoms with Gasteiger partial charge >= 0.3 is 0 Å². The van der Waals surface area contributed by atoms with E-state index >= 15 is 0 Å². The first kappa shape index (κ1) is 15.8. The molecule has 108 valence electrons. The van der Waals surface area contributed by atoms with Gasteiger partial charge in [0, 0.05) is 27.2 Å². The van der Waals surface area contributed by atoms with E-state index in [1.807, 2.05) is 31.2 Å². The molecule has 0 fully saturated rings. The van der Waals surface area contributed by atoms with Gasteiger partial charge in [0.05, 0.1) is 18.3 Å². The Kier molecular flexibility index (Phi) is 6.08. The van der Waals surface area contributed by atoms with E-state index in [9.17, 15) is 0 Å². The number of hydrogen-bond donors (Lipinski definition) is 2. The minimum Gasteiger partial charge on any atom is -0.495 e. The predicted molar refractivity (Wildman–Crippen MR) is 76.5 cm³/mol. The minimum atomic E-state index is -0.342. The molecule has 0 aliphatic rings. The van der Waals surface area contributed by atoms with E-state index in [4.69, 9.17) is 19.9 Å². The molecule has 0 bridgehead atoms. The first-order valence-corrected chi connectivity index (χ1v) is 6.25. The highest BCUT2D eigenvalue weighted by Crippen LogP contribution is 2.28. The van der Waals surface area contributed by atoms with Crippen molar-refractivity contribution in [2.45, 2.75) is 25.2 Å². The normalized spacial score (nSPS) is 14.2. The lowest BCUT2D eigenvalue weighted by Gasteiger charge is -2.33. The molecule has 0 heterocycles. The van der Waals surface area contributed by atoms with Gasteiger partial charge in [0.1, 0.15) is 5.75 Å². The van der Waals surface area contributed by atoms with Crippen LogP contribution < -0.4 is 15.8 Å². The molecule has 5 heteroatoms. The number of benzene rings is 1. The highest BCUT2D eigenvalue weighted by Gasteiger charge is 2.27. The molecule has 0 spiro atoms. The number of rotatable bonds is 8. The van der Waals surface area contributed by atoms with Crippen molar-refractivity contribution < 1.29 is 14.2 Å². The molecule has 0 radical (unpaired) electrons. The summed E-state index contributed by atoms with van der Waals surface area (Å²) in [4.78, 5) is 0. The Hall–Kier alpha value is -1.30. The highest BCUT2D eigenvalue weighted by molar-refractivity contribution is 5.57. The lowest BCUT2D eigenvalue weighted by Crippen LogP contribution is -2.46. The number of hydrogen-bond acceptors (Lipinski definition) is 5. The zero-order chi connectivity index (χ0) is 14.3. The van der Waals surface area contributed by atoms with Crippen LogP contribution in [0.5, 0.6) is 5.75 Å². The minimum absolute atomic E-state index is 0.296. The van der Waals surface area contributed by atoms with E-state index in [2.05, 4.69) is 5.32 Å². The molecule has 0 saturated heterocycles. The van der Waals surface area contributed by atoms with Crippen LogP contribution in [0.1, 0.15) is 13.3 Å². The maximum absolute atomic E-state index is 5.89. The van der Waals surface area contributed by atoms with Crippen molar-refractivity contribution in [3.63, 3.8) is 0 Å². The molecule has 0 aliphatic heterocycles. The zero-order valence-corrected chi connectivity index (χ0v) is 12.1. The third-order valence-electron chi connectivity index (χ3n) is 3.14. The third kappa shape index (κ3) is 4.38. The lowest BCUT2D eigenvalue weighted by atomic mass is 9.97. The molecule has 1 aromatic carbocycles. The number of anilines is 1. The molecule has 19 heavy (non-hydrogen) atoms. The summed E-state index contributed by atoms with van der Waals surface area (Å²) in [7, 11) is 4.88. The standard InChI is InChI=1S/C14H24N2O3/c1-14(10-15,9-13(18-3)19-4)16-11-7-5-6-8-12(11)17-2/h5-8,13,16H,9-10,15H2,1-4H3. The van der Waals surface area contributed by atoms with Gasteiger partial charge < -0.3 is 25.3 Å². The van der Waals surface area contributed by atoms with Gasteiger partial charge in [-0.1, -0.05) is 12.1 Å². The van der Waals surface area contributed by atoms with Gasteiger partial charge in [-0.15, -0.1) is 0 Å². The Bertz CT molecular complexity index is 383. The fourth-order valence-electron chi connectivity index (χ4n) is 1.89. The topological polar surface area (TPSA) is 65.7 Å². The predicted octanol–water partition coefficient (Wildman–Crippen LogP) is 1.83. The Morgan fingerprint density at radius 3 is 2.37 bits per heavy atom. The molecule has 0 saturated carbocycles. The fraction of sp³-hybridized carbons (Fsp3) is 0.571. The Balaban J connectivity index is 2.85. The summed E-state index contributed by atoms with van der Waals surface area (Å²) in [5.41, 5.74) is 6.45. The van der Waals surface area contributed by atoms with Crippen LogP contribution >= 0.6 is 0 Å². The highest BCUT2D eigenvalue weighted by atomic mass is 16.7. The second-order valence-electron chi connectivity index (χ2n) is 4.70. The van der Waals surface area contributed by atoms with E-state index in [1.165, 1.54) is 0 Å². The molecule has 0 aliphatic carbocycles. The summed E-state index contributed by atoms with van der Waals surface area (Å²) in [5, 5.41) is 3.41. The van der Waals surface area contributed by atoms with Gasteiger partial charge in [-0.25, -0.2) is 0 Å². The summed E-state index contributed by atoms with van der Waals surface area (Å²) in [6, 6.07) is 7.74. The molecular formula is C14H24N2O3. The molecular weight excluding hydrogens is 244 g/mol. The van der Waals surface area contributed by atoms with E-state index in [0.29, 0.717) is 13.0 Å². The first-order valence-electron chi connectivity index (χ1n) is 6.25. The average Bonchev–Trinajstić information content (AvgIpc) is 2.45. The third-order valence-corrected chi connectivity index (χ3v) is 3.14. The van der Waals surface area contributed by atoms with Gasteiger partial charge in [-0.3, -0.25) is 0 Å². The van der Waals surface area contributed by atoms with Crippen molar-refractivity contribution in [3.05, 3.63) is 24.3 Å². The molecule has 1 rings (SSSR count). The van der Waals surface area contributed by atoms with Gasteiger partial charge in [0.15, 0.2) is 6.29 Å². The maximum atomic E-state index is 5.89. The van der Waals surface area contributed by atoms with Crippen molar-refractivity contribution in [1.82, 2.24) is 0 Å². The van der Waals surface area contributed by atoms with Gasteiger partial charge in [0.25, 0.3) is 0 Å².